The number of aromatic nitrogens is 1. The van der Waals surface area contributed by atoms with Gasteiger partial charge in [0.05, 0.1) is 0 Å². The van der Waals surface area contributed by atoms with E-state index in [1.807, 2.05) is 30.3 Å². The van der Waals surface area contributed by atoms with Crippen molar-refractivity contribution in [3.8, 4) is 0 Å². The fraction of sp³-hybridized carbons (Fsp3) is 0.545. The molecule has 2 aromatic rings. The second-order valence-corrected chi connectivity index (χ2v) is 8.15. The molecule has 146 valence electrons. The zero-order chi connectivity index (χ0) is 19.2. The van der Waals surface area contributed by atoms with Crippen LogP contribution >= 0.6 is 0 Å². The molecule has 1 aromatic heterocycles. The van der Waals surface area contributed by atoms with Crippen molar-refractivity contribution in [2.24, 2.45) is 11.8 Å². The molecule has 1 aliphatic heterocycles. The molecule has 0 aliphatic carbocycles. The predicted octanol–water partition coefficient (Wildman–Crippen LogP) is 2.94. The van der Waals surface area contributed by atoms with Crippen molar-refractivity contribution >= 4 is 16.8 Å². The third-order valence-electron chi connectivity index (χ3n) is 5.37. The zero-order valence-electron chi connectivity index (χ0n) is 16.5. The summed E-state index contributed by atoms with van der Waals surface area (Å²) in [6.45, 7) is 8.69. The molecule has 0 unspecified atom stereocenters. The molecule has 0 saturated carbocycles. The van der Waals surface area contributed by atoms with Crippen LogP contribution in [-0.2, 0) is 11.2 Å². The Hall–Kier alpha value is -2.14. The highest BCUT2D eigenvalue weighted by atomic mass is 16.1. The average molecular weight is 370 g/mol. The van der Waals surface area contributed by atoms with Crippen LogP contribution in [0.15, 0.2) is 35.1 Å². The summed E-state index contributed by atoms with van der Waals surface area (Å²) in [7, 11) is 0. The summed E-state index contributed by atoms with van der Waals surface area (Å²) in [6, 6.07) is 9.61. The van der Waals surface area contributed by atoms with Gasteiger partial charge in [0.1, 0.15) is 0 Å². The number of aryl methyl sites for hydroxylation is 1. The molecule has 1 fully saturated rings. The highest BCUT2D eigenvalue weighted by molar-refractivity contribution is 5.79. The first-order chi connectivity index (χ1) is 13.0. The Morgan fingerprint density at radius 2 is 2.00 bits per heavy atom. The van der Waals surface area contributed by atoms with E-state index in [0.717, 1.165) is 43.4 Å². The summed E-state index contributed by atoms with van der Waals surface area (Å²) in [5, 5.41) is 4.07. The number of benzene rings is 1. The number of likely N-dealkylation sites (tertiary alicyclic amines) is 1. The molecule has 1 aliphatic rings. The van der Waals surface area contributed by atoms with Crippen molar-refractivity contribution in [1.29, 1.82) is 0 Å². The minimum absolute atomic E-state index is 0.0344. The van der Waals surface area contributed by atoms with Crippen molar-refractivity contribution in [2.75, 3.05) is 26.2 Å². The number of nitrogens with one attached hydrogen (secondary N) is 2. The molecule has 1 aromatic carbocycles. The molecule has 3 rings (SSSR count). The van der Waals surface area contributed by atoms with E-state index in [2.05, 4.69) is 29.0 Å². The molecule has 0 atom stereocenters. The number of aromatic amines is 1. The molecule has 2 heterocycles. The standard InChI is InChI=1S/C22H31N3O2/c1-16(2)15-25-11-9-17(10-12-25)14-23-21(26)8-7-19-13-18-5-3-4-6-20(18)24-22(19)27/h3-6,13,16-17H,7-12,14-15H2,1-2H3,(H,23,26)(H,24,27). The number of hydrogen-bond donors (Lipinski definition) is 2. The predicted molar refractivity (Wildman–Crippen MR) is 110 cm³/mol. The number of amides is 1. The number of H-pyrrole nitrogens is 1. The normalized spacial score (nSPS) is 16.1. The van der Waals surface area contributed by atoms with Gasteiger partial charge in [-0.3, -0.25) is 9.59 Å². The first kappa shape index (κ1) is 19.6. The van der Waals surface area contributed by atoms with Gasteiger partial charge in [-0.1, -0.05) is 32.0 Å². The number of hydrogen-bond acceptors (Lipinski definition) is 3. The van der Waals surface area contributed by atoms with Crippen molar-refractivity contribution in [1.82, 2.24) is 15.2 Å². The van der Waals surface area contributed by atoms with Gasteiger partial charge in [0.2, 0.25) is 5.91 Å². The monoisotopic (exact) mass is 369 g/mol. The number of carbonyl (C=O) groups excluding carboxylic acids is 1. The summed E-state index contributed by atoms with van der Waals surface area (Å²) in [5.74, 6) is 1.31. The summed E-state index contributed by atoms with van der Waals surface area (Å²) in [6.07, 6.45) is 3.13. The van der Waals surface area contributed by atoms with Gasteiger partial charge < -0.3 is 15.2 Å². The van der Waals surface area contributed by atoms with Gasteiger partial charge in [-0.05, 0) is 61.7 Å². The lowest BCUT2D eigenvalue weighted by molar-refractivity contribution is -0.121. The Balaban J connectivity index is 1.43. The van der Waals surface area contributed by atoms with Gasteiger partial charge in [-0.2, -0.15) is 0 Å². The molecule has 1 amide bonds. The van der Waals surface area contributed by atoms with Crippen molar-refractivity contribution in [3.63, 3.8) is 0 Å². The second kappa shape index (κ2) is 9.18. The van der Waals surface area contributed by atoms with Crippen LogP contribution in [-0.4, -0.2) is 42.0 Å². The molecule has 5 heteroatoms. The number of pyridine rings is 1. The largest absolute Gasteiger partial charge is 0.356 e. The molecule has 5 nitrogen and oxygen atoms in total. The topological polar surface area (TPSA) is 65.2 Å². The fourth-order valence-electron chi connectivity index (χ4n) is 3.86. The van der Waals surface area contributed by atoms with E-state index < -0.39 is 0 Å². The summed E-state index contributed by atoms with van der Waals surface area (Å²) >= 11 is 0. The van der Waals surface area contributed by atoms with Crippen molar-refractivity contribution < 1.29 is 4.79 Å². The van der Waals surface area contributed by atoms with E-state index in [-0.39, 0.29) is 11.5 Å². The third-order valence-corrected chi connectivity index (χ3v) is 5.37. The second-order valence-electron chi connectivity index (χ2n) is 8.15. The smallest absolute Gasteiger partial charge is 0.251 e. The Morgan fingerprint density at radius 3 is 2.74 bits per heavy atom. The number of fused-ring (bicyclic) bond motifs is 1. The van der Waals surface area contributed by atoms with E-state index in [9.17, 15) is 9.59 Å². The molecular formula is C22H31N3O2. The first-order valence-corrected chi connectivity index (χ1v) is 10.1. The van der Waals surface area contributed by atoms with Gasteiger partial charge in [-0.15, -0.1) is 0 Å². The Bertz CT molecular complexity index is 820. The highest BCUT2D eigenvalue weighted by Gasteiger charge is 2.20. The van der Waals surface area contributed by atoms with Gasteiger partial charge in [0.15, 0.2) is 0 Å². The number of para-hydroxylation sites is 1. The average Bonchev–Trinajstić information content (AvgIpc) is 2.65. The summed E-state index contributed by atoms with van der Waals surface area (Å²) in [5.41, 5.74) is 1.41. The molecule has 27 heavy (non-hydrogen) atoms. The van der Waals surface area contributed by atoms with Crippen LogP contribution < -0.4 is 10.9 Å². The SMILES string of the molecule is CC(C)CN1CCC(CNC(=O)CCc2cc3ccccc3[nH]c2=O)CC1. The molecular weight excluding hydrogens is 338 g/mol. The van der Waals surface area contributed by atoms with Gasteiger partial charge >= 0.3 is 0 Å². The van der Waals surface area contributed by atoms with Gasteiger partial charge in [0, 0.05) is 30.6 Å². The quantitative estimate of drug-likeness (QED) is 0.789. The van der Waals surface area contributed by atoms with Crippen LogP contribution in [0.2, 0.25) is 0 Å². The van der Waals surface area contributed by atoms with E-state index in [1.54, 1.807) is 0 Å². The van der Waals surface area contributed by atoms with Gasteiger partial charge in [0.25, 0.3) is 5.56 Å². The minimum Gasteiger partial charge on any atom is -0.356 e. The third kappa shape index (κ3) is 5.67. The Labute approximate surface area is 161 Å². The maximum atomic E-state index is 12.2. The fourth-order valence-corrected chi connectivity index (χ4v) is 3.86. The molecule has 0 bridgehead atoms. The van der Waals surface area contributed by atoms with Gasteiger partial charge in [-0.25, -0.2) is 0 Å². The molecule has 0 spiro atoms. The number of nitrogens with zero attached hydrogens (tertiary/aromatic N) is 1. The molecule has 0 radical (unpaired) electrons. The summed E-state index contributed by atoms with van der Waals surface area (Å²) < 4.78 is 0. The van der Waals surface area contributed by atoms with Crippen LogP contribution in [0, 0.1) is 11.8 Å². The zero-order valence-corrected chi connectivity index (χ0v) is 16.5. The van der Waals surface area contributed by atoms with Crippen LogP contribution in [0.5, 0.6) is 0 Å². The number of carbonyl (C=O) groups is 1. The van der Waals surface area contributed by atoms with Crippen LogP contribution in [0.25, 0.3) is 10.9 Å². The minimum atomic E-state index is -0.0981. The molecule has 1 saturated heterocycles. The van der Waals surface area contributed by atoms with E-state index in [4.69, 9.17) is 0 Å². The lowest BCUT2D eigenvalue weighted by atomic mass is 9.96. The highest BCUT2D eigenvalue weighted by Crippen LogP contribution is 2.17. The lowest BCUT2D eigenvalue weighted by Crippen LogP contribution is -2.40. The first-order valence-electron chi connectivity index (χ1n) is 10.1. The van der Waals surface area contributed by atoms with Crippen molar-refractivity contribution in [2.45, 2.75) is 39.5 Å². The van der Waals surface area contributed by atoms with Crippen molar-refractivity contribution in [3.05, 3.63) is 46.2 Å². The lowest BCUT2D eigenvalue weighted by Gasteiger charge is -2.33. The van der Waals surface area contributed by atoms with E-state index >= 15 is 0 Å². The van der Waals surface area contributed by atoms with E-state index in [1.165, 1.54) is 6.54 Å². The Morgan fingerprint density at radius 1 is 1.26 bits per heavy atom. The summed E-state index contributed by atoms with van der Waals surface area (Å²) in [4.78, 5) is 29.8. The maximum Gasteiger partial charge on any atom is 0.251 e. The maximum absolute atomic E-state index is 12.2. The number of piperidine rings is 1. The van der Waals surface area contributed by atoms with E-state index in [0.29, 0.717) is 30.2 Å². The van der Waals surface area contributed by atoms with Crippen LogP contribution in [0.1, 0.15) is 38.7 Å². The Kier molecular flexibility index (Phi) is 6.67. The van der Waals surface area contributed by atoms with Crippen LogP contribution in [0.4, 0.5) is 0 Å². The number of rotatable bonds is 7. The van der Waals surface area contributed by atoms with Crippen LogP contribution in [0.3, 0.4) is 0 Å². The molecule has 2 N–H and O–H groups in total.